The maximum Gasteiger partial charge on any atom is 0.303 e. The number of nitrogens with one attached hydrogen (secondary N) is 1. The molecular weight excluding hydrogens is 196 g/mol. The third-order valence-electron chi connectivity index (χ3n) is 2.17. The molecule has 0 saturated carbocycles. The molecule has 0 fully saturated rings. The summed E-state index contributed by atoms with van der Waals surface area (Å²) in [7, 11) is 0. The first-order valence-electron chi connectivity index (χ1n) is 5.09. The van der Waals surface area contributed by atoms with Crippen LogP contribution in [0.3, 0.4) is 0 Å². The molecule has 0 aliphatic carbocycles. The smallest absolute Gasteiger partial charge is 0.303 e. The van der Waals surface area contributed by atoms with Crippen LogP contribution in [0.5, 0.6) is 0 Å². The molecule has 0 aromatic carbocycles. The van der Waals surface area contributed by atoms with Gasteiger partial charge in [-0.1, -0.05) is 20.8 Å². The van der Waals surface area contributed by atoms with Crippen molar-refractivity contribution in [1.29, 1.82) is 0 Å². The van der Waals surface area contributed by atoms with E-state index in [1.165, 1.54) is 0 Å². The fourth-order valence-electron chi connectivity index (χ4n) is 1.07. The normalized spacial score (nSPS) is 14.7. The van der Waals surface area contributed by atoms with Crippen molar-refractivity contribution in [2.24, 2.45) is 17.6 Å². The summed E-state index contributed by atoms with van der Waals surface area (Å²) < 4.78 is 0. The quantitative estimate of drug-likeness (QED) is 0.591. The van der Waals surface area contributed by atoms with Gasteiger partial charge in [0.1, 0.15) is 0 Å². The highest BCUT2D eigenvalue weighted by Crippen LogP contribution is 2.01. The molecule has 1 unspecified atom stereocenters. The Morgan fingerprint density at radius 3 is 2.27 bits per heavy atom. The van der Waals surface area contributed by atoms with E-state index >= 15 is 0 Å². The summed E-state index contributed by atoms with van der Waals surface area (Å²) in [6, 6.07) is -0.526. The SMILES string of the molecule is CC(CNC(=O)[C@H](N)C(C)C)CC(=O)O. The van der Waals surface area contributed by atoms with Crippen LogP contribution in [0.2, 0.25) is 0 Å². The van der Waals surface area contributed by atoms with Crippen LogP contribution in [0.4, 0.5) is 0 Å². The lowest BCUT2D eigenvalue weighted by atomic mass is 10.0. The maximum absolute atomic E-state index is 11.4. The average molecular weight is 216 g/mol. The first kappa shape index (κ1) is 13.9. The van der Waals surface area contributed by atoms with Gasteiger partial charge in [-0.15, -0.1) is 0 Å². The summed E-state index contributed by atoms with van der Waals surface area (Å²) in [6.07, 6.45) is 0.0528. The zero-order valence-corrected chi connectivity index (χ0v) is 9.49. The Hall–Kier alpha value is -1.10. The molecule has 0 aromatic heterocycles. The van der Waals surface area contributed by atoms with Crippen LogP contribution in [-0.2, 0) is 9.59 Å². The maximum atomic E-state index is 11.4. The predicted molar refractivity (Wildman–Crippen MR) is 57.2 cm³/mol. The highest BCUT2D eigenvalue weighted by molar-refractivity contribution is 5.81. The molecule has 5 heteroatoms. The molecule has 0 saturated heterocycles. The first-order chi connectivity index (χ1) is 6.84. The van der Waals surface area contributed by atoms with Gasteiger partial charge in [-0.25, -0.2) is 0 Å². The zero-order valence-electron chi connectivity index (χ0n) is 9.49. The van der Waals surface area contributed by atoms with Crippen LogP contribution in [0.15, 0.2) is 0 Å². The molecule has 0 spiro atoms. The monoisotopic (exact) mass is 216 g/mol. The van der Waals surface area contributed by atoms with E-state index in [9.17, 15) is 9.59 Å². The van der Waals surface area contributed by atoms with Crippen molar-refractivity contribution in [3.8, 4) is 0 Å². The van der Waals surface area contributed by atoms with Gasteiger partial charge in [0.15, 0.2) is 0 Å². The molecule has 0 aliphatic rings. The minimum absolute atomic E-state index is 0.0528. The number of amides is 1. The largest absolute Gasteiger partial charge is 0.481 e. The lowest BCUT2D eigenvalue weighted by Gasteiger charge is -2.17. The highest BCUT2D eigenvalue weighted by atomic mass is 16.4. The van der Waals surface area contributed by atoms with Crippen LogP contribution in [0.1, 0.15) is 27.2 Å². The number of hydrogen-bond acceptors (Lipinski definition) is 3. The summed E-state index contributed by atoms with van der Waals surface area (Å²) in [5.41, 5.74) is 5.62. The van der Waals surface area contributed by atoms with Crippen molar-refractivity contribution in [2.45, 2.75) is 33.2 Å². The van der Waals surface area contributed by atoms with Gasteiger partial charge in [0, 0.05) is 13.0 Å². The van der Waals surface area contributed by atoms with Crippen molar-refractivity contribution in [3.05, 3.63) is 0 Å². The predicted octanol–water partition coefficient (Wildman–Crippen LogP) is 0.197. The van der Waals surface area contributed by atoms with Crippen molar-refractivity contribution >= 4 is 11.9 Å². The van der Waals surface area contributed by atoms with Gasteiger partial charge >= 0.3 is 5.97 Å². The van der Waals surface area contributed by atoms with Gasteiger partial charge < -0.3 is 16.2 Å². The molecule has 1 amide bonds. The van der Waals surface area contributed by atoms with E-state index in [1.54, 1.807) is 6.92 Å². The molecule has 0 aromatic rings. The summed E-state index contributed by atoms with van der Waals surface area (Å²) >= 11 is 0. The third kappa shape index (κ3) is 6.06. The van der Waals surface area contributed by atoms with E-state index in [2.05, 4.69) is 5.32 Å². The second-order valence-corrected chi connectivity index (χ2v) is 4.22. The van der Waals surface area contributed by atoms with E-state index < -0.39 is 12.0 Å². The molecule has 5 nitrogen and oxygen atoms in total. The van der Waals surface area contributed by atoms with Gasteiger partial charge in [-0.3, -0.25) is 9.59 Å². The summed E-state index contributed by atoms with van der Waals surface area (Å²) in [4.78, 5) is 21.8. The lowest BCUT2D eigenvalue weighted by Crippen LogP contribution is -2.45. The molecule has 15 heavy (non-hydrogen) atoms. The number of rotatable bonds is 6. The van der Waals surface area contributed by atoms with E-state index in [1.807, 2.05) is 13.8 Å². The minimum Gasteiger partial charge on any atom is -0.481 e. The second kappa shape index (κ2) is 6.40. The first-order valence-corrected chi connectivity index (χ1v) is 5.09. The Kier molecular flexibility index (Phi) is 5.93. The van der Waals surface area contributed by atoms with Gasteiger partial charge in [0.25, 0.3) is 0 Å². The van der Waals surface area contributed by atoms with Crippen molar-refractivity contribution < 1.29 is 14.7 Å². The Bertz CT molecular complexity index is 229. The minimum atomic E-state index is -0.857. The van der Waals surface area contributed by atoms with Crippen molar-refractivity contribution in [1.82, 2.24) is 5.32 Å². The van der Waals surface area contributed by atoms with E-state index in [0.29, 0.717) is 6.54 Å². The number of carboxylic acids is 1. The molecule has 2 atom stereocenters. The Morgan fingerprint density at radius 2 is 1.87 bits per heavy atom. The number of carboxylic acid groups (broad SMARTS) is 1. The molecule has 0 bridgehead atoms. The fraction of sp³-hybridized carbons (Fsp3) is 0.800. The molecule has 0 aliphatic heterocycles. The standard InChI is InChI=1S/C10H20N2O3/c1-6(2)9(11)10(15)12-5-7(3)4-8(13)14/h6-7,9H,4-5,11H2,1-3H3,(H,12,15)(H,13,14)/t7?,9-/m1/s1. The third-order valence-corrected chi connectivity index (χ3v) is 2.17. The number of hydrogen-bond donors (Lipinski definition) is 3. The van der Waals surface area contributed by atoms with E-state index in [4.69, 9.17) is 10.8 Å². The number of carbonyl (C=O) groups is 2. The number of aliphatic carboxylic acids is 1. The van der Waals surface area contributed by atoms with Gasteiger partial charge in [0.05, 0.1) is 6.04 Å². The van der Waals surface area contributed by atoms with Crippen molar-refractivity contribution in [2.75, 3.05) is 6.54 Å². The Balaban J connectivity index is 3.85. The van der Waals surface area contributed by atoms with Crippen LogP contribution in [-0.4, -0.2) is 29.6 Å². The van der Waals surface area contributed by atoms with Gasteiger partial charge in [0.2, 0.25) is 5.91 Å². The molecular formula is C10H20N2O3. The topological polar surface area (TPSA) is 92.4 Å². The highest BCUT2D eigenvalue weighted by Gasteiger charge is 2.17. The van der Waals surface area contributed by atoms with Gasteiger partial charge in [-0.2, -0.15) is 0 Å². The molecule has 88 valence electrons. The number of carbonyl (C=O) groups excluding carboxylic acids is 1. The molecule has 0 heterocycles. The second-order valence-electron chi connectivity index (χ2n) is 4.22. The molecule has 4 N–H and O–H groups in total. The summed E-state index contributed by atoms with van der Waals surface area (Å²) in [6.45, 7) is 5.86. The average Bonchev–Trinajstić information content (AvgIpc) is 2.11. The fourth-order valence-corrected chi connectivity index (χ4v) is 1.07. The zero-order chi connectivity index (χ0) is 12.0. The Morgan fingerprint density at radius 1 is 1.33 bits per heavy atom. The number of nitrogens with two attached hydrogens (primary N) is 1. The Labute approximate surface area is 90.0 Å². The molecule has 0 rings (SSSR count). The van der Waals surface area contributed by atoms with Gasteiger partial charge in [-0.05, 0) is 11.8 Å². The lowest BCUT2D eigenvalue weighted by molar-refractivity contribution is -0.138. The van der Waals surface area contributed by atoms with Crippen LogP contribution >= 0.6 is 0 Å². The summed E-state index contributed by atoms with van der Waals surface area (Å²) in [5.74, 6) is -1.07. The van der Waals surface area contributed by atoms with E-state index in [-0.39, 0.29) is 24.2 Å². The van der Waals surface area contributed by atoms with Crippen LogP contribution in [0.25, 0.3) is 0 Å². The summed E-state index contributed by atoms with van der Waals surface area (Å²) in [5, 5.41) is 11.2. The van der Waals surface area contributed by atoms with Crippen LogP contribution < -0.4 is 11.1 Å². The van der Waals surface area contributed by atoms with Crippen LogP contribution in [0, 0.1) is 11.8 Å². The van der Waals surface area contributed by atoms with Crippen molar-refractivity contribution in [3.63, 3.8) is 0 Å². The molecule has 0 radical (unpaired) electrons. The van der Waals surface area contributed by atoms with E-state index in [0.717, 1.165) is 0 Å².